The first-order valence-corrected chi connectivity index (χ1v) is 5.70. The van der Waals surface area contributed by atoms with Crippen LogP contribution >= 0.6 is 0 Å². The molecule has 1 rings (SSSR count). The molecular formula is C14H19NO2. The van der Waals surface area contributed by atoms with Crippen LogP contribution in [0.4, 0.5) is 0 Å². The van der Waals surface area contributed by atoms with E-state index in [0.29, 0.717) is 6.61 Å². The molecule has 1 aromatic rings. The Kier molecular flexibility index (Phi) is 5.43. The van der Waals surface area contributed by atoms with Gasteiger partial charge in [0.15, 0.2) is 0 Å². The second-order valence-corrected chi connectivity index (χ2v) is 4.06. The molecule has 0 aliphatic carbocycles. The molecule has 3 nitrogen and oxygen atoms in total. The molecule has 0 heterocycles. The van der Waals surface area contributed by atoms with Gasteiger partial charge in [-0.2, -0.15) is 0 Å². The van der Waals surface area contributed by atoms with Crippen molar-refractivity contribution >= 4 is 12.0 Å². The molecular weight excluding hydrogens is 214 g/mol. The normalized spacial score (nSPS) is 11.1. The maximum Gasteiger partial charge on any atom is 0.330 e. The van der Waals surface area contributed by atoms with Crippen LogP contribution in [0.2, 0.25) is 0 Å². The van der Waals surface area contributed by atoms with Crippen LogP contribution in [0.5, 0.6) is 0 Å². The molecule has 0 aromatic heterocycles. The quantitative estimate of drug-likeness (QED) is 0.577. The van der Waals surface area contributed by atoms with E-state index in [4.69, 9.17) is 4.74 Å². The van der Waals surface area contributed by atoms with E-state index < -0.39 is 0 Å². The van der Waals surface area contributed by atoms with Crippen molar-refractivity contribution in [3.8, 4) is 0 Å². The Balaban J connectivity index is 2.59. The predicted octanol–water partition coefficient (Wildman–Crippen LogP) is 2.32. The number of nitrogens with zero attached hydrogens (tertiary/aromatic N) is 1. The fraction of sp³-hybridized carbons (Fsp3) is 0.357. The summed E-state index contributed by atoms with van der Waals surface area (Å²) in [6.45, 7) is 3.12. The molecule has 0 saturated heterocycles. The number of rotatable bonds is 5. The molecule has 0 saturated carbocycles. The summed E-state index contributed by atoms with van der Waals surface area (Å²) in [5.74, 6) is -0.301. The molecule has 0 atom stereocenters. The average Bonchev–Trinajstić information content (AvgIpc) is 2.28. The topological polar surface area (TPSA) is 29.5 Å². The fourth-order valence-corrected chi connectivity index (χ4v) is 1.45. The maximum atomic E-state index is 11.1. The van der Waals surface area contributed by atoms with Gasteiger partial charge in [-0.25, -0.2) is 4.79 Å². The summed E-state index contributed by atoms with van der Waals surface area (Å²) in [6.07, 6.45) is 3.21. The van der Waals surface area contributed by atoms with E-state index in [1.807, 2.05) is 26.2 Å². The van der Waals surface area contributed by atoms with Crippen LogP contribution in [-0.4, -0.2) is 31.6 Å². The standard InChI is InChI=1S/C14H19NO2/c1-4-17-14(16)10-9-12-5-7-13(8-6-12)11-15(2)3/h5-10H,4,11H2,1-3H3. The molecule has 17 heavy (non-hydrogen) atoms. The lowest BCUT2D eigenvalue weighted by atomic mass is 10.1. The van der Waals surface area contributed by atoms with Crippen molar-refractivity contribution in [1.29, 1.82) is 0 Å². The Hall–Kier alpha value is -1.61. The van der Waals surface area contributed by atoms with Gasteiger partial charge in [0.1, 0.15) is 0 Å². The third kappa shape index (κ3) is 5.31. The number of ether oxygens (including phenoxy) is 1. The van der Waals surface area contributed by atoms with Gasteiger partial charge in [-0.05, 0) is 38.2 Å². The SMILES string of the molecule is CCOC(=O)C=Cc1ccc(CN(C)C)cc1. The third-order valence-corrected chi connectivity index (χ3v) is 2.18. The number of carbonyl (C=O) groups is 1. The number of benzene rings is 1. The molecule has 0 unspecified atom stereocenters. The summed E-state index contributed by atoms with van der Waals surface area (Å²) in [4.78, 5) is 13.2. The average molecular weight is 233 g/mol. The summed E-state index contributed by atoms with van der Waals surface area (Å²) >= 11 is 0. The largest absolute Gasteiger partial charge is 0.463 e. The summed E-state index contributed by atoms with van der Waals surface area (Å²) in [5.41, 5.74) is 2.25. The maximum absolute atomic E-state index is 11.1. The number of esters is 1. The molecule has 3 heteroatoms. The van der Waals surface area contributed by atoms with Crippen molar-refractivity contribution in [3.63, 3.8) is 0 Å². The molecule has 92 valence electrons. The van der Waals surface area contributed by atoms with E-state index >= 15 is 0 Å². The summed E-state index contributed by atoms with van der Waals surface area (Å²) in [5, 5.41) is 0. The van der Waals surface area contributed by atoms with Crippen molar-refractivity contribution in [1.82, 2.24) is 4.90 Å². The highest BCUT2D eigenvalue weighted by atomic mass is 16.5. The van der Waals surface area contributed by atoms with Crippen molar-refractivity contribution in [2.75, 3.05) is 20.7 Å². The van der Waals surface area contributed by atoms with Crippen LogP contribution in [0.3, 0.4) is 0 Å². The van der Waals surface area contributed by atoms with Crippen LogP contribution in [0.25, 0.3) is 6.08 Å². The zero-order valence-electron chi connectivity index (χ0n) is 10.6. The third-order valence-electron chi connectivity index (χ3n) is 2.18. The number of hydrogen-bond donors (Lipinski definition) is 0. The highest BCUT2D eigenvalue weighted by Gasteiger charge is 1.96. The minimum atomic E-state index is -0.301. The van der Waals surface area contributed by atoms with Crippen LogP contribution in [0.15, 0.2) is 30.3 Å². The first-order chi connectivity index (χ1) is 8.11. The van der Waals surface area contributed by atoms with Gasteiger partial charge in [0, 0.05) is 12.6 Å². The molecule has 0 aliphatic heterocycles. The highest BCUT2D eigenvalue weighted by Crippen LogP contribution is 2.07. The van der Waals surface area contributed by atoms with E-state index in [2.05, 4.69) is 17.0 Å². The molecule has 0 fully saturated rings. The minimum Gasteiger partial charge on any atom is -0.463 e. The molecule has 1 aromatic carbocycles. The van der Waals surface area contributed by atoms with Gasteiger partial charge >= 0.3 is 5.97 Å². The zero-order chi connectivity index (χ0) is 12.7. The van der Waals surface area contributed by atoms with Crippen molar-refractivity contribution in [3.05, 3.63) is 41.5 Å². The molecule has 0 N–H and O–H groups in total. The van der Waals surface area contributed by atoms with Crippen molar-refractivity contribution < 1.29 is 9.53 Å². The summed E-state index contributed by atoms with van der Waals surface area (Å²) in [6, 6.07) is 8.11. The second-order valence-electron chi connectivity index (χ2n) is 4.06. The Morgan fingerprint density at radius 2 is 1.94 bits per heavy atom. The zero-order valence-corrected chi connectivity index (χ0v) is 10.6. The molecule has 0 amide bonds. The van der Waals surface area contributed by atoms with E-state index in [9.17, 15) is 4.79 Å². The van der Waals surface area contributed by atoms with Crippen molar-refractivity contribution in [2.24, 2.45) is 0 Å². The lowest BCUT2D eigenvalue weighted by Crippen LogP contribution is -2.10. The second kappa shape index (κ2) is 6.86. The smallest absolute Gasteiger partial charge is 0.330 e. The first-order valence-electron chi connectivity index (χ1n) is 5.70. The lowest BCUT2D eigenvalue weighted by molar-refractivity contribution is -0.137. The Morgan fingerprint density at radius 1 is 1.29 bits per heavy atom. The van der Waals surface area contributed by atoms with Crippen LogP contribution in [0.1, 0.15) is 18.1 Å². The van der Waals surface area contributed by atoms with E-state index in [1.54, 1.807) is 13.0 Å². The minimum absolute atomic E-state index is 0.301. The summed E-state index contributed by atoms with van der Waals surface area (Å²) in [7, 11) is 4.07. The van der Waals surface area contributed by atoms with E-state index in [0.717, 1.165) is 12.1 Å². The fourth-order valence-electron chi connectivity index (χ4n) is 1.45. The number of carbonyl (C=O) groups excluding carboxylic acids is 1. The molecule has 0 aliphatic rings. The predicted molar refractivity (Wildman–Crippen MR) is 69.5 cm³/mol. The van der Waals surface area contributed by atoms with Gasteiger partial charge < -0.3 is 9.64 Å². The van der Waals surface area contributed by atoms with Crippen LogP contribution in [-0.2, 0) is 16.1 Å². The Morgan fingerprint density at radius 3 is 2.47 bits per heavy atom. The van der Waals surface area contributed by atoms with E-state index in [-0.39, 0.29) is 5.97 Å². The van der Waals surface area contributed by atoms with Crippen LogP contribution in [0, 0.1) is 0 Å². The van der Waals surface area contributed by atoms with E-state index in [1.165, 1.54) is 11.6 Å². The van der Waals surface area contributed by atoms with Gasteiger partial charge in [0.2, 0.25) is 0 Å². The molecule has 0 radical (unpaired) electrons. The summed E-state index contributed by atoms with van der Waals surface area (Å²) < 4.78 is 4.81. The van der Waals surface area contributed by atoms with Gasteiger partial charge in [0.05, 0.1) is 6.61 Å². The van der Waals surface area contributed by atoms with Gasteiger partial charge in [-0.1, -0.05) is 24.3 Å². The Bertz CT molecular complexity index is 380. The van der Waals surface area contributed by atoms with Gasteiger partial charge in [0.25, 0.3) is 0 Å². The Labute approximate surface area is 103 Å². The van der Waals surface area contributed by atoms with Gasteiger partial charge in [-0.15, -0.1) is 0 Å². The highest BCUT2D eigenvalue weighted by molar-refractivity contribution is 5.86. The van der Waals surface area contributed by atoms with Crippen LogP contribution < -0.4 is 0 Å². The number of hydrogen-bond acceptors (Lipinski definition) is 3. The first kappa shape index (κ1) is 13.5. The monoisotopic (exact) mass is 233 g/mol. The van der Waals surface area contributed by atoms with Crippen molar-refractivity contribution in [2.45, 2.75) is 13.5 Å². The lowest BCUT2D eigenvalue weighted by Gasteiger charge is -2.09. The molecule has 0 spiro atoms. The molecule has 0 bridgehead atoms. The van der Waals surface area contributed by atoms with Gasteiger partial charge in [-0.3, -0.25) is 0 Å².